The van der Waals surface area contributed by atoms with Crippen molar-refractivity contribution in [1.82, 2.24) is 15.1 Å². The van der Waals surface area contributed by atoms with E-state index in [0.717, 1.165) is 5.69 Å². The van der Waals surface area contributed by atoms with Gasteiger partial charge in [-0.15, -0.1) is 0 Å². The number of H-pyrrole nitrogens is 1. The predicted molar refractivity (Wildman–Crippen MR) is 62.6 cm³/mol. The normalized spacial score (nSPS) is 20.6. The van der Waals surface area contributed by atoms with E-state index in [1.807, 2.05) is 0 Å². The van der Waals surface area contributed by atoms with Gasteiger partial charge in [-0.3, -0.25) is 9.89 Å². The molecule has 4 nitrogen and oxygen atoms in total. The highest BCUT2D eigenvalue weighted by atomic mass is 19.4. The molecule has 2 rings (SSSR count). The number of hydrogen-bond donors (Lipinski definition) is 1. The molecular formula is C12H16F3N3O. The number of nitrogens with zero attached hydrogens (tertiary/aromatic N) is 2. The van der Waals surface area contributed by atoms with Gasteiger partial charge in [-0.25, -0.2) is 0 Å². The predicted octanol–water partition coefficient (Wildman–Crippen LogP) is 2.52. The van der Waals surface area contributed by atoms with E-state index in [4.69, 9.17) is 0 Å². The maximum Gasteiger partial charge on any atom is 0.389 e. The molecule has 1 atom stereocenters. The molecule has 0 saturated carbocycles. The summed E-state index contributed by atoms with van der Waals surface area (Å²) in [7, 11) is 0. The Bertz CT molecular complexity index is 455. The zero-order valence-corrected chi connectivity index (χ0v) is 10.6. The molecular weight excluding hydrogens is 259 g/mol. The van der Waals surface area contributed by atoms with Gasteiger partial charge in [0.2, 0.25) is 0 Å². The van der Waals surface area contributed by atoms with E-state index < -0.39 is 18.5 Å². The van der Waals surface area contributed by atoms with Crippen LogP contribution in [-0.4, -0.2) is 40.3 Å². The lowest BCUT2D eigenvalue weighted by molar-refractivity contribution is -0.147. The van der Waals surface area contributed by atoms with Gasteiger partial charge in [-0.05, 0) is 31.7 Å². The van der Waals surface area contributed by atoms with Gasteiger partial charge < -0.3 is 4.90 Å². The van der Waals surface area contributed by atoms with E-state index >= 15 is 0 Å². The average molecular weight is 275 g/mol. The Morgan fingerprint density at radius 2 is 2.32 bits per heavy atom. The molecule has 0 radical (unpaired) electrons. The minimum Gasteiger partial charge on any atom is -0.337 e. The van der Waals surface area contributed by atoms with Gasteiger partial charge >= 0.3 is 6.18 Å². The highest BCUT2D eigenvalue weighted by Crippen LogP contribution is 2.30. The van der Waals surface area contributed by atoms with E-state index in [1.54, 1.807) is 13.0 Å². The molecule has 1 saturated heterocycles. The molecule has 0 spiro atoms. The van der Waals surface area contributed by atoms with Crippen LogP contribution < -0.4 is 0 Å². The van der Waals surface area contributed by atoms with Crippen LogP contribution in [0.3, 0.4) is 0 Å². The SMILES string of the molecule is Cc1cc(C(=O)N2CCCC(CC(F)(F)F)C2)n[nH]1. The Labute approximate surface area is 109 Å². The van der Waals surface area contributed by atoms with Gasteiger partial charge in [0, 0.05) is 25.2 Å². The van der Waals surface area contributed by atoms with Crippen LogP contribution >= 0.6 is 0 Å². The van der Waals surface area contributed by atoms with Crippen LogP contribution in [0.5, 0.6) is 0 Å². The van der Waals surface area contributed by atoms with Gasteiger partial charge in [-0.2, -0.15) is 18.3 Å². The summed E-state index contributed by atoms with van der Waals surface area (Å²) >= 11 is 0. The van der Waals surface area contributed by atoms with Crippen molar-refractivity contribution in [3.05, 3.63) is 17.5 Å². The maximum absolute atomic E-state index is 12.4. The third-order valence-corrected chi connectivity index (χ3v) is 3.25. The second-order valence-corrected chi connectivity index (χ2v) is 5.01. The number of hydrogen-bond acceptors (Lipinski definition) is 2. The number of halogens is 3. The summed E-state index contributed by atoms with van der Waals surface area (Å²) < 4.78 is 37.1. The fourth-order valence-corrected chi connectivity index (χ4v) is 2.43. The molecule has 106 valence electrons. The van der Waals surface area contributed by atoms with Crippen LogP contribution in [0.1, 0.15) is 35.4 Å². The molecule has 1 aromatic rings. The van der Waals surface area contributed by atoms with Crippen LogP contribution in [0.15, 0.2) is 6.07 Å². The minimum absolute atomic E-state index is 0.157. The van der Waals surface area contributed by atoms with Crippen molar-refractivity contribution < 1.29 is 18.0 Å². The molecule has 1 N–H and O–H groups in total. The lowest BCUT2D eigenvalue weighted by Crippen LogP contribution is -2.41. The number of aryl methyl sites for hydroxylation is 1. The Morgan fingerprint density at radius 1 is 1.58 bits per heavy atom. The molecule has 1 aliphatic heterocycles. The second kappa shape index (κ2) is 5.22. The highest BCUT2D eigenvalue weighted by Gasteiger charge is 2.35. The Kier molecular flexibility index (Phi) is 3.82. The zero-order valence-electron chi connectivity index (χ0n) is 10.6. The van der Waals surface area contributed by atoms with E-state index in [2.05, 4.69) is 10.2 Å². The summed E-state index contributed by atoms with van der Waals surface area (Å²) in [6.07, 6.45) is -3.87. The number of aromatic amines is 1. The van der Waals surface area contributed by atoms with Crippen molar-refractivity contribution in [2.45, 2.75) is 32.4 Å². The summed E-state index contributed by atoms with van der Waals surface area (Å²) in [4.78, 5) is 13.6. The first-order valence-corrected chi connectivity index (χ1v) is 6.23. The quantitative estimate of drug-likeness (QED) is 0.901. The molecule has 0 aliphatic carbocycles. The Balaban J connectivity index is 1.99. The van der Waals surface area contributed by atoms with Gasteiger partial charge in [0.15, 0.2) is 0 Å². The van der Waals surface area contributed by atoms with Crippen LogP contribution in [0.2, 0.25) is 0 Å². The fourth-order valence-electron chi connectivity index (χ4n) is 2.43. The van der Waals surface area contributed by atoms with E-state index in [1.165, 1.54) is 4.90 Å². The standard InChI is InChI=1S/C12H16F3N3O/c1-8-5-10(17-16-8)11(19)18-4-2-3-9(7-18)6-12(13,14)15/h5,9H,2-4,6-7H2,1H3,(H,16,17). The summed E-state index contributed by atoms with van der Waals surface area (Å²) in [5.41, 5.74) is 1.03. The van der Waals surface area contributed by atoms with E-state index in [-0.39, 0.29) is 18.1 Å². The molecule has 1 aliphatic rings. The molecule has 1 unspecified atom stereocenters. The first-order valence-electron chi connectivity index (χ1n) is 6.23. The van der Waals surface area contributed by atoms with Crippen molar-refractivity contribution in [2.75, 3.05) is 13.1 Å². The summed E-state index contributed by atoms with van der Waals surface area (Å²) in [6, 6.07) is 1.61. The van der Waals surface area contributed by atoms with Gasteiger partial charge in [0.25, 0.3) is 5.91 Å². The van der Waals surface area contributed by atoms with Crippen molar-refractivity contribution in [3.63, 3.8) is 0 Å². The summed E-state index contributed by atoms with van der Waals surface area (Å²) in [5, 5.41) is 6.51. The lowest BCUT2D eigenvalue weighted by Gasteiger charge is -2.32. The lowest BCUT2D eigenvalue weighted by atomic mass is 9.94. The first kappa shape index (κ1) is 13.9. The summed E-state index contributed by atoms with van der Waals surface area (Å²) in [5.74, 6) is -0.797. The van der Waals surface area contributed by atoms with Crippen molar-refractivity contribution in [3.8, 4) is 0 Å². The average Bonchev–Trinajstić information content (AvgIpc) is 2.73. The second-order valence-electron chi connectivity index (χ2n) is 5.01. The first-order chi connectivity index (χ1) is 8.85. The van der Waals surface area contributed by atoms with Crippen LogP contribution in [-0.2, 0) is 0 Å². The third-order valence-electron chi connectivity index (χ3n) is 3.25. The fraction of sp³-hybridized carbons (Fsp3) is 0.667. The molecule has 0 bridgehead atoms. The number of likely N-dealkylation sites (tertiary alicyclic amines) is 1. The van der Waals surface area contributed by atoms with E-state index in [9.17, 15) is 18.0 Å². The molecule has 7 heteroatoms. The van der Waals surface area contributed by atoms with Gasteiger partial charge in [0.1, 0.15) is 5.69 Å². The van der Waals surface area contributed by atoms with Gasteiger partial charge in [-0.1, -0.05) is 0 Å². The molecule has 0 aromatic carbocycles. The number of aromatic nitrogens is 2. The van der Waals surface area contributed by atoms with Crippen LogP contribution in [0.25, 0.3) is 0 Å². The third kappa shape index (κ3) is 3.71. The number of piperidine rings is 1. The Morgan fingerprint density at radius 3 is 2.89 bits per heavy atom. The number of rotatable bonds is 2. The van der Waals surface area contributed by atoms with Crippen LogP contribution in [0.4, 0.5) is 13.2 Å². The van der Waals surface area contributed by atoms with Crippen molar-refractivity contribution >= 4 is 5.91 Å². The molecule has 1 aromatic heterocycles. The zero-order chi connectivity index (χ0) is 14.0. The highest BCUT2D eigenvalue weighted by molar-refractivity contribution is 5.92. The molecule has 1 fully saturated rings. The topological polar surface area (TPSA) is 49.0 Å². The number of carbonyl (C=O) groups excluding carboxylic acids is 1. The number of amides is 1. The molecule has 2 heterocycles. The number of alkyl halides is 3. The Hall–Kier alpha value is -1.53. The number of carbonyl (C=O) groups is 1. The maximum atomic E-state index is 12.4. The van der Waals surface area contributed by atoms with Gasteiger partial charge in [0.05, 0.1) is 0 Å². The molecule has 19 heavy (non-hydrogen) atoms. The van der Waals surface area contributed by atoms with Crippen molar-refractivity contribution in [2.24, 2.45) is 5.92 Å². The largest absolute Gasteiger partial charge is 0.389 e. The molecule has 1 amide bonds. The smallest absolute Gasteiger partial charge is 0.337 e. The summed E-state index contributed by atoms with van der Waals surface area (Å²) in [6.45, 7) is 2.43. The van der Waals surface area contributed by atoms with Crippen molar-refractivity contribution in [1.29, 1.82) is 0 Å². The van der Waals surface area contributed by atoms with Crippen LogP contribution in [0, 0.1) is 12.8 Å². The monoisotopic (exact) mass is 275 g/mol. The number of nitrogens with one attached hydrogen (secondary N) is 1. The minimum atomic E-state index is -4.17. The van der Waals surface area contributed by atoms with E-state index in [0.29, 0.717) is 19.4 Å².